The predicted octanol–water partition coefficient (Wildman–Crippen LogP) is -0.113. The van der Waals surface area contributed by atoms with E-state index in [9.17, 15) is 0 Å². The third kappa shape index (κ3) is 3.09. The molecule has 0 aromatic carbocycles. The molecule has 0 aliphatic carbocycles. The normalized spacial score (nSPS) is 9.47. The van der Waals surface area contributed by atoms with Gasteiger partial charge in [-0.2, -0.15) is 4.57 Å². The summed E-state index contributed by atoms with van der Waals surface area (Å²) in [4.78, 5) is 4.17. The van der Waals surface area contributed by atoms with E-state index in [-0.39, 0.29) is 17.0 Å². The summed E-state index contributed by atoms with van der Waals surface area (Å²) in [6, 6.07) is 9.87. The van der Waals surface area contributed by atoms with E-state index in [1.54, 1.807) is 0 Å². The molecule has 0 unspecified atom stereocenters. The SMILES string of the molecule is Brc1ccc(-[n+]2ccccc2Br)cn1.[Br-]. The Bertz CT molecular complexity index is 443. The molecule has 0 atom stereocenters. The van der Waals surface area contributed by atoms with Crippen LogP contribution in [0.25, 0.3) is 5.69 Å². The molecule has 0 aliphatic heterocycles. The fourth-order valence-electron chi connectivity index (χ4n) is 1.14. The number of aromatic nitrogens is 2. The first-order chi connectivity index (χ1) is 6.77. The molecule has 0 radical (unpaired) electrons. The molecule has 0 fully saturated rings. The standard InChI is InChI=1S/C10H7Br2N2.BrH/c11-9-5-4-8(7-13-9)14-6-2-1-3-10(14)12;/h1-7H;1H/q+1;/p-1. The minimum Gasteiger partial charge on any atom is -1.00 e. The lowest BCUT2D eigenvalue weighted by Crippen LogP contribution is -3.00. The third-order valence-corrected chi connectivity index (χ3v) is 2.92. The highest BCUT2D eigenvalue weighted by Gasteiger charge is 2.09. The maximum Gasteiger partial charge on any atom is 0.253 e. The number of nitrogens with zero attached hydrogens (tertiary/aromatic N) is 2. The zero-order valence-electron chi connectivity index (χ0n) is 7.57. The highest BCUT2D eigenvalue weighted by molar-refractivity contribution is 9.10. The molecule has 2 nitrogen and oxygen atoms in total. The van der Waals surface area contributed by atoms with Crippen molar-refractivity contribution in [3.05, 3.63) is 51.9 Å². The lowest BCUT2D eigenvalue weighted by Gasteiger charge is -1.96. The molecule has 0 saturated heterocycles. The Morgan fingerprint density at radius 3 is 2.47 bits per heavy atom. The zero-order valence-corrected chi connectivity index (χ0v) is 12.3. The van der Waals surface area contributed by atoms with Crippen molar-refractivity contribution < 1.29 is 21.5 Å². The van der Waals surface area contributed by atoms with Crippen molar-refractivity contribution in [1.29, 1.82) is 0 Å². The van der Waals surface area contributed by atoms with Gasteiger partial charge in [0.15, 0.2) is 6.20 Å². The summed E-state index contributed by atoms with van der Waals surface area (Å²) >= 11 is 6.78. The maximum atomic E-state index is 4.17. The highest BCUT2D eigenvalue weighted by Crippen LogP contribution is 2.09. The van der Waals surface area contributed by atoms with Gasteiger partial charge in [-0.1, -0.05) is 0 Å². The van der Waals surface area contributed by atoms with Crippen LogP contribution in [0.1, 0.15) is 0 Å². The van der Waals surface area contributed by atoms with Crippen molar-refractivity contribution >= 4 is 31.9 Å². The van der Waals surface area contributed by atoms with Crippen LogP contribution in [0.15, 0.2) is 51.9 Å². The number of hydrogen-bond acceptors (Lipinski definition) is 1. The summed E-state index contributed by atoms with van der Waals surface area (Å²) in [7, 11) is 0. The molecule has 0 spiro atoms. The van der Waals surface area contributed by atoms with Gasteiger partial charge in [0.1, 0.15) is 10.8 Å². The van der Waals surface area contributed by atoms with E-state index >= 15 is 0 Å². The summed E-state index contributed by atoms with van der Waals surface area (Å²) in [5, 5.41) is 0. The average Bonchev–Trinajstić information content (AvgIpc) is 2.20. The second-order valence-corrected chi connectivity index (χ2v) is 4.36. The third-order valence-electron chi connectivity index (χ3n) is 1.80. The number of halogens is 3. The molecule has 78 valence electrons. The van der Waals surface area contributed by atoms with E-state index in [1.165, 1.54) is 0 Å². The molecule has 15 heavy (non-hydrogen) atoms. The molecule has 2 rings (SSSR count). The second-order valence-electron chi connectivity index (χ2n) is 2.73. The van der Waals surface area contributed by atoms with Gasteiger partial charge in [0.05, 0.1) is 0 Å². The van der Waals surface area contributed by atoms with Crippen molar-refractivity contribution in [2.45, 2.75) is 0 Å². The largest absolute Gasteiger partial charge is 1.00 e. The van der Waals surface area contributed by atoms with Crippen LogP contribution in [0.3, 0.4) is 0 Å². The fourth-order valence-corrected chi connectivity index (χ4v) is 1.85. The molecule has 0 amide bonds. The van der Waals surface area contributed by atoms with Gasteiger partial charge < -0.3 is 17.0 Å². The van der Waals surface area contributed by atoms with Gasteiger partial charge in [-0.25, -0.2) is 4.98 Å². The minimum atomic E-state index is 0. The quantitative estimate of drug-likeness (QED) is 0.487. The van der Waals surface area contributed by atoms with Crippen LogP contribution in [0, 0.1) is 0 Å². The molecule has 0 saturated carbocycles. The fraction of sp³-hybridized carbons (Fsp3) is 0. The van der Waals surface area contributed by atoms with Crippen LogP contribution in [0.5, 0.6) is 0 Å². The Morgan fingerprint density at radius 1 is 1.07 bits per heavy atom. The Balaban J connectivity index is 0.00000112. The van der Waals surface area contributed by atoms with Gasteiger partial charge in [0.2, 0.25) is 5.69 Å². The van der Waals surface area contributed by atoms with Crippen molar-refractivity contribution in [3.8, 4) is 5.69 Å². The lowest BCUT2D eigenvalue weighted by molar-refractivity contribution is -0.607. The Kier molecular flexibility index (Phi) is 4.89. The first-order valence-corrected chi connectivity index (χ1v) is 5.64. The first kappa shape index (κ1) is 12.8. The Morgan fingerprint density at radius 2 is 1.87 bits per heavy atom. The molecular weight excluding hydrogens is 388 g/mol. The number of hydrogen-bond donors (Lipinski definition) is 0. The van der Waals surface area contributed by atoms with E-state index in [1.807, 2.05) is 47.3 Å². The average molecular weight is 395 g/mol. The van der Waals surface area contributed by atoms with E-state index in [2.05, 4.69) is 36.8 Å². The second kappa shape index (κ2) is 5.72. The van der Waals surface area contributed by atoms with Crippen LogP contribution in [0.2, 0.25) is 0 Å². The lowest BCUT2D eigenvalue weighted by atomic mass is 10.4. The van der Waals surface area contributed by atoms with Crippen LogP contribution < -0.4 is 21.5 Å². The number of pyridine rings is 2. The van der Waals surface area contributed by atoms with Crippen molar-refractivity contribution in [1.82, 2.24) is 4.98 Å². The van der Waals surface area contributed by atoms with E-state index in [4.69, 9.17) is 0 Å². The summed E-state index contributed by atoms with van der Waals surface area (Å²) in [6.45, 7) is 0. The summed E-state index contributed by atoms with van der Waals surface area (Å²) < 4.78 is 3.86. The topological polar surface area (TPSA) is 16.8 Å². The van der Waals surface area contributed by atoms with Crippen LogP contribution in [-0.4, -0.2) is 4.98 Å². The van der Waals surface area contributed by atoms with Gasteiger partial charge in [-0.05, 0) is 28.1 Å². The van der Waals surface area contributed by atoms with Gasteiger partial charge in [-0.15, -0.1) is 0 Å². The minimum absolute atomic E-state index is 0. The summed E-state index contributed by atoms with van der Waals surface area (Å²) in [6.07, 6.45) is 3.80. The first-order valence-electron chi connectivity index (χ1n) is 4.05. The van der Waals surface area contributed by atoms with Crippen LogP contribution in [0.4, 0.5) is 0 Å². The molecule has 2 aromatic heterocycles. The molecule has 2 heterocycles. The van der Waals surface area contributed by atoms with Crippen LogP contribution >= 0.6 is 31.9 Å². The predicted molar refractivity (Wildman–Crippen MR) is 61.2 cm³/mol. The highest BCUT2D eigenvalue weighted by atomic mass is 79.9. The van der Waals surface area contributed by atoms with Crippen molar-refractivity contribution in [3.63, 3.8) is 0 Å². The summed E-state index contributed by atoms with van der Waals surface area (Å²) in [5.41, 5.74) is 1.03. The molecule has 2 aromatic rings. The Labute approximate surface area is 115 Å². The van der Waals surface area contributed by atoms with Crippen molar-refractivity contribution in [2.75, 3.05) is 0 Å². The zero-order chi connectivity index (χ0) is 9.97. The molecular formula is C10H7Br3N2. The smallest absolute Gasteiger partial charge is 0.253 e. The Hall–Kier alpha value is -0.260. The molecule has 0 N–H and O–H groups in total. The van der Waals surface area contributed by atoms with Gasteiger partial charge in [-0.3, -0.25) is 0 Å². The monoisotopic (exact) mass is 392 g/mol. The van der Waals surface area contributed by atoms with Gasteiger partial charge in [0.25, 0.3) is 4.60 Å². The van der Waals surface area contributed by atoms with E-state index in [0.717, 1.165) is 14.9 Å². The van der Waals surface area contributed by atoms with Gasteiger partial charge >= 0.3 is 0 Å². The molecule has 5 heteroatoms. The molecule has 0 bridgehead atoms. The van der Waals surface area contributed by atoms with E-state index in [0.29, 0.717) is 0 Å². The van der Waals surface area contributed by atoms with Crippen LogP contribution in [-0.2, 0) is 0 Å². The number of rotatable bonds is 1. The van der Waals surface area contributed by atoms with Crippen molar-refractivity contribution in [2.24, 2.45) is 0 Å². The maximum absolute atomic E-state index is 4.17. The van der Waals surface area contributed by atoms with Gasteiger partial charge in [0, 0.05) is 34.1 Å². The van der Waals surface area contributed by atoms with E-state index < -0.39 is 0 Å². The summed E-state index contributed by atoms with van der Waals surface area (Å²) in [5.74, 6) is 0. The molecule has 0 aliphatic rings.